The van der Waals surface area contributed by atoms with E-state index < -0.39 is 10.0 Å². The predicted molar refractivity (Wildman–Crippen MR) is 132 cm³/mol. The summed E-state index contributed by atoms with van der Waals surface area (Å²) in [6.45, 7) is 5.15. The molecule has 7 heteroatoms. The number of carbonyl (C=O) groups is 1. The van der Waals surface area contributed by atoms with Gasteiger partial charge in [-0.15, -0.1) is 0 Å². The van der Waals surface area contributed by atoms with Crippen molar-refractivity contribution < 1.29 is 17.9 Å². The van der Waals surface area contributed by atoms with Crippen LogP contribution in [-0.4, -0.2) is 33.7 Å². The molecule has 3 aromatic carbocycles. The van der Waals surface area contributed by atoms with Crippen LogP contribution in [0.25, 0.3) is 0 Å². The molecule has 0 spiro atoms. The van der Waals surface area contributed by atoms with Crippen molar-refractivity contribution in [2.45, 2.75) is 26.3 Å². The summed E-state index contributed by atoms with van der Waals surface area (Å²) < 4.78 is 31.9. The summed E-state index contributed by atoms with van der Waals surface area (Å²) in [7, 11) is -3.49. The Morgan fingerprint density at radius 2 is 1.58 bits per heavy atom. The largest absolute Gasteiger partial charge is 0.491 e. The standard InChI is InChI=1S/C26H30N2O4S/c1-20(2)24-11-7-8-12-25(24)32-18-17-27-26(29)22-13-15-23(16-14-22)28(33(3,30)31)19-21-9-5-4-6-10-21/h4-16,20H,17-19H2,1-3H3,(H,27,29). The van der Waals surface area contributed by atoms with Crippen molar-refractivity contribution in [3.63, 3.8) is 0 Å². The van der Waals surface area contributed by atoms with E-state index in [4.69, 9.17) is 4.74 Å². The van der Waals surface area contributed by atoms with Crippen LogP contribution in [0.1, 0.15) is 41.3 Å². The zero-order valence-corrected chi connectivity index (χ0v) is 20.0. The maximum Gasteiger partial charge on any atom is 0.251 e. The summed E-state index contributed by atoms with van der Waals surface area (Å²) in [6.07, 6.45) is 1.17. The first-order valence-corrected chi connectivity index (χ1v) is 12.7. The third-order valence-electron chi connectivity index (χ3n) is 5.17. The molecule has 0 aliphatic heterocycles. The number of para-hydroxylation sites is 1. The Balaban J connectivity index is 1.59. The number of carbonyl (C=O) groups excluding carboxylic acids is 1. The molecule has 33 heavy (non-hydrogen) atoms. The number of sulfonamides is 1. The van der Waals surface area contributed by atoms with Crippen molar-refractivity contribution >= 4 is 21.6 Å². The van der Waals surface area contributed by atoms with E-state index in [0.29, 0.717) is 30.3 Å². The quantitative estimate of drug-likeness (QED) is 0.444. The van der Waals surface area contributed by atoms with Gasteiger partial charge in [0, 0.05) is 5.56 Å². The van der Waals surface area contributed by atoms with Crippen molar-refractivity contribution in [3.05, 3.63) is 95.6 Å². The van der Waals surface area contributed by atoms with E-state index in [9.17, 15) is 13.2 Å². The molecule has 0 fully saturated rings. The van der Waals surface area contributed by atoms with Crippen LogP contribution in [0.4, 0.5) is 5.69 Å². The van der Waals surface area contributed by atoms with E-state index in [1.807, 2.05) is 54.6 Å². The normalized spacial score (nSPS) is 11.3. The van der Waals surface area contributed by atoms with Crippen molar-refractivity contribution in [3.8, 4) is 5.75 Å². The lowest BCUT2D eigenvalue weighted by atomic mass is 10.0. The molecule has 3 aromatic rings. The van der Waals surface area contributed by atoms with E-state index in [0.717, 1.165) is 16.9 Å². The molecule has 1 N–H and O–H groups in total. The van der Waals surface area contributed by atoms with E-state index in [-0.39, 0.29) is 12.5 Å². The van der Waals surface area contributed by atoms with Crippen LogP contribution in [0, 0.1) is 0 Å². The number of amides is 1. The Bertz CT molecular complexity index is 1160. The average Bonchev–Trinajstić information content (AvgIpc) is 2.80. The highest BCUT2D eigenvalue weighted by molar-refractivity contribution is 7.92. The van der Waals surface area contributed by atoms with Crippen LogP contribution in [0.15, 0.2) is 78.9 Å². The molecule has 0 saturated heterocycles. The predicted octanol–water partition coefficient (Wildman–Crippen LogP) is 4.59. The molecule has 0 saturated carbocycles. The highest BCUT2D eigenvalue weighted by atomic mass is 32.2. The number of rotatable bonds is 10. The van der Waals surface area contributed by atoms with Crippen LogP contribution in [-0.2, 0) is 16.6 Å². The lowest BCUT2D eigenvalue weighted by Gasteiger charge is -2.22. The van der Waals surface area contributed by atoms with Gasteiger partial charge in [-0.1, -0.05) is 62.4 Å². The van der Waals surface area contributed by atoms with E-state index in [1.54, 1.807) is 24.3 Å². The number of nitrogens with zero attached hydrogens (tertiary/aromatic N) is 1. The zero-order valence-electron chi connectivity index (χ0n) is 19.2. The van der Waals surface area contributed by atoms with Gasteiger partial charge in [0.2, 0.25) is 10.0 Å². The number of nitrogens with one attached hydrogen (secondary N) is 1. The highest BCUT2D eigenvalue weighted by Crippen LogP contribution is 2.25. The van der Waals surface area contributed by atoms with Gasteiger partial charge in [-0.2, -0.15) is 0 Å². The number of anilines is 1. The summed E-state index contributed by atoms with van der Waals surface area (Å²) in [5.74, 6) is 0.935. The Kier molecular flexibility index (Phi) is 8.11. The average molecular weight is 467 g/mol. The number of ether oxygens (including phenoxy) is 1. The number of benzene rings is 3. The molecule has 0 aliphatic carbocycles. The SMILES string of the molecule is CC(C)c1ccccc1OCCNC(=O)c1ccc(N(Cc2ccccc2)S(C)(=O)=O)cc1. The van der Waals surface area contributed by atoms with Gasteiger partial charge in [-0.3, -0.25) is 9.10 Å². The highest BCUT2D eigenvalue weighted by Gasteiger charge is 2.18. The second kappa shape index (κ2) is 11.0. The van der Waals surface area contributed by atoms with Crippen LogP contribution in [0.2, 0.25) is 0 Å². The second-order valence-corrected chi connectivity index (χ2v) is 10.0. The lowest BCUT2D eigenvalue weighted by molar-refractivity contribution is 0.0947. The molecule has 0 unspecified atom stereocenters. The molecule has 0 aliphatic rings. The summed E-state index contributed by atoms with van der Waals surface area (Å²) >= 11 is 0. The Hall–Kier alpha value is -3.32. The molecule has 0 atom stereocenters. The van der Waals surface area contributed by atoms with E-state index in [2.05, 4.69) is 19.2 Å². The first-order valence-electron chi connectivity index (χ1n) is 10.9. The van der Waals surface area contributed by atoms with Gasteiger partial charge in [-0.25, -0.2) is 8.42 Å². The van der Waals surface area contributed by atoms with Crippen LogP contribution in [0.5, 0.6) is 5.75 Å². The number of hydrogen-bond acceptors (Lipinski definition) is 4. The first kappa shape index (κ1) is 24.3. The first-order chi connectivity index (χ1) is 15.8. The van der Waals surface area contributed by atoms with Crippen LogP contribution in [0.3, 0.4) is 0 Å². The molecule has 0 aromatic heterocycles. The van der Waals surface area contributed by atoms with Gasteiger partial charge in [0.05, 0.1) is 25.0 Å². The molecule has 3 rings (SSSR count). The molecule has 1 amide bonds. The third-order valence-corrected chi connectivity index (χ3v) is 6.31. The Labute approximate surface area is 196 Å². The maximum absolute atomic E-state index is 12.5. The van der Waals surface area contributed by atoms with Crippen LogP contribution >= 0.6 is 0 Å². The fourth-order valence-electron chi connectivity index (χ4n) is 3.44. The molecular formula is C26H30N2O4S. The third kappa shape index (κ3) is 6.83. The van der Waals surface area contributed by atoms with E-state index >= 15 is 0 Å². The fourth-order valence-corrected chi connectivity index (χ4v) is 4.33. The topological polar surface area (TPSA) is 75.7 Å². The molecule has 0 heterocycles. The molecule has 6 nitrogen and oxygen atoms in total. The van der Waals surface area contributed by atoms with Gasteiger partial charge in [-0.05, 0) is 47.4 Å². The summed E-state index contributed by atoms with van der Waals surface area (Å²) in [4.78, 5) is 12.5. The maximum atomic E-state index is 12.5. The summed E-state index contributed by atoms with van der Waals surface area (Å²) in [5.41, 5.74) is 2.97. The van der Waals surface area contributed by atoms with Crippen molar-refractivity contribution in [1.29, 1.82) is 0 Å². The van der Waals surface area contributed by atoms with E-state index in [1.165, 1.54) is 10.6 Å². The number of hydrogen-bond donors (Lipinski definition) is 1. The minimum absolute atomic E-state index is 0.223. The van der Waals surface area contributed by atoms with Crippen molar-refractivity contribution in [2.75, 3.05) is 23.7 Å². The smallest absolute Gasteiger partial charge is 0.251 e. The van der Waals surface area contributed by atoms with Crippen molar-refractivity contribution in [1.82, 2.24) is 5.32 Å². The molecule has 0 radical (unpaired) electrons. The fraction of sp³-hybridized carbons (Fsp3) is 0.269. The molecule has 174 valence electrons. The minimum Gasteiger partial charge on any atom is -0.491 e. The lowest BCUT2D eigenvalue weighted by Crippen LogP contribution is -2.30. The minimum atomic E-state index is -3.49. The van der Waals surface area contributed by atoms with Gasteiger partial charge >= 0.3 is 0 Å². The monoisotopic (exact) mass is 466 g/mol. The summed E-state index contributed by atoms with van der Waals surface area (Å²) in [6, 6.07) is 23.8. The van der Waals surface area contributed by atoms with Gasteiger partial charge in [0.15, 0.2) is 0 Å². The molecule has 0 bridgehead atoms. The van der Waals surface area contributed by atoms with Crippen LogP contribution < -0.4 is 14.4 Å². The Morgan fingerprint density at radius 3 is 2.21 bits per heavy atom. The summed E-state index contributed by atoms with van der Waals surface area (Å²) in [5, 5.41) is 2.84. The van der Waals surface area contributed by atoms with Crippen molar-refractivity contribution in [2.24, 2.45) is 0 Å². The zero-order chi connectivity index (χ0) is 23.8. The molecular weight excluding hydrogens is 436 g/mol. The van der Waals surface area contributed by atoms with Gasteiger partial charge < -0.3 is 10.1 Å². The van der Waals surface area contributed by atoms with Gasteiger partial charge in [0.1, 0.15) is 12.4 Å². The second-order valence-electron chi connectivity index (χ2n) is 8.10. The Morgan fingerprint density at radius 1 is 0.939 bits per heavy atom. The van der Waals surface area contributed by atoms with Gasteiger partial charge in [0.25, 0.3) is 5.91 Å².